The number of benzene rings is 3. The van der Waals surface area contributed by atoms with Gasteiger partial charge in [-0.2, -0.15) is 0 Å². The van der Waals surface area contributed by atoms with Gasteiger partial charge in [-0.05, 0) is 73.3 Å². The number of likely N-dealkylation sites (tertiary alicyclic amines) is 1. The van der Waals surface area contributed by atoms with Gasteiger partial charge in [-0.15, -0.1) is 5.10 Å². The normalized spacial score (nSPS) is 14.4. The molecule has 0 radical (unpaired) electrons. The molecule has 5 heteroatoms. The van der Waals surface area contributed by atoms with Crippen molar-refractivity contribution in [1.82, 2.24) is 15.1 Å². The maximum absolute atomic E-state index is 5.96. The summed E-state index contributed by atoms with van der Waals surface area (Å²) >= 11 is 0. The molecule has 0 aliphatic carbocycles. The van der Waals surface area contributed by atoms with Gasteiger partial charge in [-0.1, -0.05) is 66.1 Å². The molecule has 162 valence electrons. The van der Waals surface area contributed by atoms with E-state index in [1.54, 1.807) is 0 Å². The first kappa shape index (κ1) is 20.5. The Hall–Kier alpha value is -3.44. The second-order valence-electron chi connectivity index (χ2n) is 8.42. The van der Waals surface area contributed by atoms with Crippen LogP contribution in [0.3, 0.4) is 0 Å². The molecule has 3 aromatic carbocycles. The van der Waals surface area contributed by atoms with E-state index in [9.17, 15) is 0 Å². The summed E-state index contributed by atoms with van der Waals surface area (Å²) < 4.78 is 5.96. The predicted molar refractivity (Wildman–Crippen MR) is 129 cm³/mol. The van der Waals surface area contributed by atoms with Gasteiger partial charge in [0.15, 0.2) is 0 Å². The van der Waals surface area contributed by atoms with Gasteiger partial charge in [0, 0.05) is 17.8 Å². The van der Waals surface area contributed by atoms with E-state index in [2.05, 4.69) is 69.8 Å². The molecule has 0 saturated carbocycles. The molecular weight excluding hydrogens is 396 g/mol. The molecule has 1 aliphatic rings. The lowest BCUT2D eigenvalue weighted by molar-refractivity contribution is 0.221. The van der Waals surface area contributed by atoms with E-state index in [1.165, 1.54) is 49.0 Å². The van der Waals surface area contributed by atoms with Crippen molar-refractivity contribution >= 4 is 11.7 Å². The summed E-state index contributed by atoms with van der Waals surface area (Å²) in [5.41, 5.74) is 6.68. The fourth-order valence-corrected chi connectivity index (χ4v) is 4.37. The molecule has 0 spiro atoms. The largest absolute Gasteiger partial charge is 0.403 e. The number of hydrogen-bond acceptors (Lipinski definition) is 5. The third kappa shape index (κ3) is 4.58. The van der Waals surface area contributed by atoms with Gasteiger partial charge in [0.25, 0.3) is 0 Å². The monoisotopic (exact) mass is 424 g/mol. The third-order valence-electron chi connectivity index (χ3n) is 6.13. The summed E-state index contributed by atoms with van der Waals surface area (Å²) in [6, 6.07) is 25.4. The number of piperidine rings is 1. The minimum Gasteiger partial charge on any atom is -0.403 e. The van der Waals surface area contributed by atoms with Gasteiger partial charge in [0.1, 0.15) is 0 Å². The third-order valence-corrected chi connectivity index (χ3v) is 6.13. The number of nitrogens with one attached hydrogen (secondary N) is 1. The van der Waals surface area contributed by atoms with E-state index in [0.29, 0.717) is 11.9 Å². The highest BCUT2D eigenvalue weighted by atomic mass is 16.4. The van der Waals surface area contributed by atoms with E-state index in [1.807, 2.05) is 30.3 Å². The first-order valence-electron chi connectivity index (χ1n) is 11.3. The summed E-state index contributed by atoms with van der Waals surface area (Å²) in [7, 11) is 0. The van der Waals surface area contributed by atoms with Crippen molar-refractivity contribution in [3.63, 3.8) is 0 Å². The van der Waals surface area contributed by atoms with E-state index >= 15 is 0 Å². The van der Waals surface area contributed by atoms with Gasteiger partial charge in [-0.25, -0.2) is 0 Å². The molecule has 32 heavy (non-hydrogen) atoms. The first-order valence-corrected chi connectivity index (χ1v) is 11.3. The Bertz CT molecular complexity index is 1160. The van der Waals surface area contributed by atoms with Crippen LogP contribution < -0.4 is 5.32 Å². The molecule has 4 aromatic rings. The summed E-state index contributed by atoms with van der Waals surface area (Å²) in [6.07, 6.45) is 3.99. The second-order valence-corrected chi connectivity index (χ2v) is 8.42. The van der Waals surface area contributed by atoms with Crippen LogP contribution in [-0.4, -0.2) is 28.2 Å². The lowest BCUT2D eigenvalue weighted by Gasteiger charge is -2.26. The van der Waals surface area contributed by atoms with Crippen molar-refractivity contribution in [1.29, 1.82) is 0 Å². The average Bonchev–Trinajstić information content (AvgIpc) is 3.30. The highest BCUT2D eigenvalue weighted by molar-refractivity contribution is 5.75. The average molecular weight is 425 g/mol. The molecular formula is C27H28N4O. The molecule has 0 bridgehead atoms. The van der Waals surface area contributed by atoms with Crippen LogP contribution in [0.1, 0.15) is 30.4 Å². The molecule has 1 aromatic heterocycles. The van der Waals surface area contributed by atoms with Crippen LogP contribution in [0.4, 0.5) is 11.7 Å². The van der Waals surface area contributed by atoms with E-state index in [0.717, 1.165) is 23.4 Å². The van der Waals surface area contributed by atoms with Gasteiger partial charge in [-0.3, -0.25) is 4.90 Å². The van der Waals surface area contributed by atoms with Crippen molar-refractivity contribution in [2.24, 2.45) is 0 Å². The zero-order chi connectivity index (χ0) is 21.8. The van der Waals surface area contributed by atoms with Crippen LogP contribution in [0.5, 0.6) is 0 Å². The molecule has 1 fully saturated rings. The number of nitrogens with zero attached hydrogens (tertiary/aromatic N) is 3. The number of rotatable bonds is 6. The SMILES string of the molecule is Cc1c(-c2ccccc2)cccc1-c1nnc(Nc2ccc(CN3CCCCC3)cc2)o1. The number of aromatic nitrogens is 2. The van der Waals surface area contributed by atoms with Crippen molar-refractivity contribution in [2.75, 3.05) is 18.4 Å². The Morgan fingerprint density at radius 1 is 0.812 bits per heavy atom. The standard InChI is InChI=1S/C27H28N4O/c1-20-24(22-9-4-2-5-10-22)11-8-12-25(20)26-29-30-27(32-26)28-23-15-13-21(14-16-23)19-31-17-6-3-7-18-31/h2,4-5,8-16H,3,6-7,17-19H2,1H3,(H,28,30). The minimum absolute atomic E-state index is 0.397. The number of hydrogen-bond donors (Lipinski definition) is 1. The summed E-state index contributed by atoms with van der Waals surface area (Å²) in [4.78, 5) is 2.53. The maximum atomic E-state index is 5.96. The highest BCUT2D eigenvalue weighted by Gasteiger charge is 2.14. The summed E-state index contributed by atoms with van der Waals surface area (Å²) in [6.45, 7) is 5.52. The summed E-state index contributed by atoms with van der Waals surface area (Å²) in [5.74, 6) is 0.518. The van der Waals surface area contributed by atoms with Crippen LogP contribution in [0.2, 0.25) is 0 Å². The Balaban J connectivity index is 1.29. The lowest BCUT2D eigenvalue weighted by atomic mass is 9.96. The number of anilines is 2. The Kier molecular flexibility index (Phi) is 5.99. The molecule has 0 unspecified atom stereocenters. The van der Waals surface area contributed by atoms with Gasteiger partial charge in [0.2, 0.25) is 5.89 Å². The Morgan fingerprint density at radius 3 is 2.34 bits per heavy atom. The van der Waals surface area contributed by atoms with E-state index < -0.39 is 0 Å². The van der Waals surface area contributed by atoms with Gasteiger partial charge >= 0.3 is 6.01 Å². The molecule has 2 heterocycles. The highest BCUT2D eigenvalue weighted by Crippen LogP contribution is 2.32. The molecule has 5 nitrogen and oxygen atoms in total. The van der Waals surface area contributed by atoms with Gasteiger partial charge < -0.3 is 9.73 Å². The van der Waals surface area contributed by atoms with Crippen LogP contribution in [0.15, 0.2) is 77.2 Å². The smallest absolute Gasteiger partial charge is 0.320 e. The summed E-state index contributed by atoms with van der Waals surface area (Å²) in [5, 5.41) is 11.7. The molecule has 0 atom stereocenters. The molecule has 0 amide bonds. The van der Waals surface area contributed by atoms with Crippen molar-refractivity contribution in [3.05, 3.63) is 83.9 Å². The Labute approximate surface area is 189 Å². The van der Waals surface area contributed by atoms with Crippen LogP contribution in [-0.2, 0) is 6.54 Å². The molecule has 5 rings (SSSR count). The molecule has 1 N–H and O–H groups in total. The fraction of sp³-hybridized carbons (Fsp3) is 0.259. The fourth-order valence-electron chi connectivity index (χ4n) is 4.37. The zero-order valence-corrected chi connectivity index (χ0v) is 18.4. The first-order chi connectivity index (χ1) is 15.8. The van der Waals surface area contributed by atoms with Crippen LogP contribution in [0, 0.1) is 6.92 Å². The van der Waals surface area contributed by atoms with Crippen LogP contribution >= 0.6 is 0 Å². The predicted octanol–water partition coefficient (Wildman–Crippen LogP) is 6.44. The van der Waals surface area contributed by atoms with Gasteiger partial charge in [0.05, 0.1) is 0 Å². The maximum Gasteiger partial charge on any atom is 0.320 e. The minimum atomic E-state index is 0.397. The Morgan fingerprint density at radius 2 is 1.56 bits per heavy atom. The van der Waals surface area contributed by atoms with Crippen molar-refractivity contribution < 1.29 is 4.42 Å². The van der Waals surface area contributed by atoms with Crippen molar-refractivity contribution in [3.8, 4) is 22.6 Å². The lowest BCUT2D eigenvalue weighted by Crippen LogP contribution is -2.29. The molecule has 1 aliphatic heterocycles. The quantitative estimate of drug-likeness (QED) is 0.386. The topological polar surface area (TPSA) is 54.2 Å². The zero-order valence-electron chi connectivity index (χ0n) is 18.4. The van der Waals surface area contributed by atoms with E-state index in [-0.39, 0.29) is 0 Å². The van der Waals surface area contributed by atoms with Crippen molar-refractivity contribution in [2.45, 2.75) is 32.7 Å². The van der Waals surface area contributed by atoms with E-state index in [4.69, 9.17) is 4.42 Å². The molecule has 1 saturated heterocycles. The van der Waals surface area contributed by atoms with Crippen LogP contribution in [0.25, 0.3) is 22.6 Å². The second kappa shape index (κ2) is 9.37.